The minimum atomic E-state index is 0.0450. The molecule has 1 N–H and O–H groups in total. The van der Waals surface area contributed by atoms with Crippen molar-refractivity contribution in [2.24, 2.45) is 5.92 Å². The maximum atomic E-state index is 4.38. The van der Waals surface area contributed by atoms with Crippen LogP contribution in [0, 0.1) is 5.92 Å². The van der Waals surface area contributed by atoms with Gasteiger partial charge >= 0.3 is 0 Å². The van der Waals surface area contributed by atoms with Crippen molar-refractivity contribution < 1.29 is 0 Å². The van der Waals surface area contributed by atoms with Gasteiger partial charge in [-0.25, -0.2) is 0 Å². The standard InChI is InChI=1S/C18H26N6/c1-13(15-10-19-7-8-20-15)21-9-14-11-24(12-14)17-6-5-16(22-23-17)18(2,3)4/h5-8,10,13-14,21H,9,11-12H2,1-4H3. The van der Waals surface area contributed by atoms with E-state index >= 15 is 0 Å². The van der Waals surface area contributed by atoms with Crippen LogP contribution < -0.4 is 10.2 Å². The zero-order chi connectivity index (χ0) is 17.2. The SMILES string of the molecule is CC(NCC1CN(c2ccc(C(C)(C)C)nn2)C1)c1cnccn1. The molecule has 1 aliphatic heterocycles. The fraction of sp³-hybridized carbons (Fsp3) is 0.556. The summed E-state index contributed by atoms with van der Waals surface area (Å²) in [4.78, 5) is 10.7. The Morgan fingerprint density at radius 3 is 2.58 bits per heavy atom. The summed E-state index contributed by atoms with van der Waals surface area (Å²) in [5, 5.41) is 12.3. The molecule has 3 rings (SSSR count). The van der Waals surface area contributed by atoms with Crippen LogP contribution in [0.1, 0.15) is 45.1 Å². The lowest BCUT2D eigenvalue weighted by Gasteiger charge is -2.40. The van der Waals surface area contributed by atoms with Crippen LogP contribution in [0.3, 0.4) is 0 Å². The lowest BCUT2D eigenvalue weighted by Crippen LogP contribution is -2.51. The van der Waals surface area contributed by atoms with Crippen LogP contribution in [0.5, 0.6) is 0 Å². The average Bonchev–Trinajstić information content (AvgIpc) is 2.53. The minimum absolute atomic E-state index is 0.0450. The van der Waals surface area contributed by atoms with Crippen LogP contribution in [0.15, 0.2) is 30.7 Å². The molecule has 3 heterocycles. The molecule has 0 amide bonds. The highest BCUT2D eigenvalue weighted by atomic mass is 15.3. The van der Waals surface area contributed by atoms with Gasteiger partial charge in [0.1, 0.15) is 0 Å². The highest BCUT2D eigenvalue weighted by Crippen LogP contribution is 2.25. The Balaban J connectivity index is 1.46. The van der Waals surface area contributed by atoms with Gasteiger partial charge in [-0.3, -0.25) is 9.97 Å². The number of anilines is 1. The second-order valence-corrected chi connectivity index (χ2v) is 7.56. The number of rotatable bonds is 5. The van der Waals surface area contributed by atoms with Crippen molar-refractivity contribution in [3.8, 4) is 0 Å². The van der Waals surface area contributed by atoms with E-state index in [-0.39, 0.29) is 11.5 Å². The first-order valence-electron chi connectivity index (χ1n) is 8.52. The molecular formula is C18H26N6. The summed E-state index contributed by atoms with van der Waals surface area (Å²) >= 11 is 0. The third-order valence-corrected chi connectivity index (χ3v) is 4.44. The number of aromatic nitrogens is 4. The summed E-state index contributed by atoms with van der Waals surface area (Å²) in [5.41, 5.74) is 2.06. The Morgan fingerprint density at radius 1 is 1.21 bits per heavy atom. The first-order chi connectivity index (χ1) is 11.4. The first-order valence-corrected chi connectivity index (χ1v) is 8.52. The Hall–Kier alpha value is -2.08. The van der Waals surface area contributed by atoms with E-state index in [1.165, 1.54) is 0 Å². The number of hydrogen-bond donors (Lipinski definition) is 1. The molecule has 0 radical (unpaired) electrons. The summed E-state index contributed by atoms with van der Waals surface area (Å²) < 4.78 is 0. The van der Waals surface area contributed by atoms with Crippen LogP contribution in [0.2, 0.25) is 0 Å². The number of nitrogens with one attached hydrogen (secondary N) is 1. The second kappa shape index (κ2) is 6.81. The van der Waals surface area contributed by atoms with Gasteiger partial charge in [-0.2, -0.15) is 5.10 Å². The molecule has 6 nitrogen and oxygen atoms in total. The molecule has 0 bridgehead atoms. The predicted molar refractivity (Wildman–Crippen MR) is 94.9 cm³/mol. The molecule has 0 aliphatic carbocycles. The fourth-order valence-electron chi connectivity index (χ4n) is 2.76. The highest BCUT2D eigenvalue weighted by Gasteiger charge is 2.28. The van der Waals surface area contributed by atoms with E-state index < -0.39 is 0 Å². The zero-order valence-corrected chi connectivity index (χ0v) is 14.9. The van der Waals surface area contributed by atoms with Gasteiger partial charge in [0, 0.05) is 55.6 Å². The van der Waals surface area contributed by atoms with Gasteiger partial charge in [0.15, 0.2) is 5.82 Å². The van der Waals surface area contributed by atoms with Crippen molar-refractivity contribution in [1.29, 1.82) is 0 Å². The van der Waals surface area contributed by atoms with Gasteiger partial charge < -0.3 is 10.2 Å². The molecule has 1 unspecified atom stereocenters. The van der Waals surface area contributed by atoms with Crippen molar-refractivity contribution >= 4 is 5.82 Å². The van der Waals surface area contributed by atoms with Gasteiger partial charge in [0.2, 0.25) is 0 Å². The number of hydrogen-bond acceptors (Lipinski definition) is 6. The van der Waals surface area contributed by atoms with E-state index in [1.807, 2.05) is 6.20 Å². The van der Waals surface area contributed by atoms with Gasteiger partial charge in [0.25, 0.3) is 0 Å². The maximum Gasteiger partial charge on any atom is 0.151 e. The summed E-state index contributed by atoms with van der Waals surface area (Å²) in [6, 6.07) is 4.39. The summed E-state index contributed by atoms with van der Waals surface area (Å²) in [6.07, 6.45) is 5.25. The Labute approximate surface area is 143 Å². The van der Waals surface area contributed by atoms with Crippen molar-refractivity contribution in [2.75, 3.05) is 24.5 Å². The molecule has 6 heteroatoms. The van der Waals surface area contributed by atoms with E-state index in [4.69, 9.17) is 0 Å². The second-order valence-electron chi connectivity index (χ2n) is 7.56. The first kappa shape index (κ1) is 16.8. The minimum Gasteiger partial charge on any atom is -0.354 e. The predicted octanol–water partition coefficient (Wildman–Crippen LogP) is 2.35. The van der Waals surface area contributed by atoms with E-state index in [2.05, 4.69) is 70.2 Å². The van der Waals surface area contributed by atoms with Crippen molar-refractivity contribution in [3.05, 3.63) is 42.1 Å². The topological polar surface area (TPSA) is 66.8 Å². The Morgan fingerprint density at radius 2 is 2.00 bits per heavy atom. The Bertz CT molecular complexity index is 643. The monoisotopic (exact) mass is 326 g/mol. The van der Waals surface area contributed by atoms with Crippen molar-refractivity contribution in [1.82, 2.24) is 25.5 Å². The van der Waals surface area contributed by atoms with E-state index in [0.29, 0.717) is 5.92 Å². The van der Waals surface area contributed by atoms with Crippen LogP contribution in [-0.4, -0.2) is 39.8 Å². The van der Waals surface area contributed by atoms with Gasteiger partial charge in [-0.15, -0.1) is 5.10 Å². The van der Waals surface area contributed by atoms with Crippen LogP contribution in [-0.2, 0) is 5.41 Å². The lowest BCUT2D eigenvalue weighted by molar-refractivity contribution is 0.364. The van der Waals surface area contributed by atoms with E-state index in [1.54, 1.807) is 12.4 Å². The molecule has 1 fully saturated rings. The third-order valence-electron chi connectivity index (χ3n) is 4.44. The van der Waals surface area contributed by atoms with Crippen LogP contribution in [0.4, 0.5) is 5.82 Å². The largest absolute Gasteiger partial charge is 0.354 e. The molecule has 2 aromatic heterocycles. The molecule has 0 spiro atoms. The highest BCUT2D eigenvalue weighted by molar-refractivity contribution is 5.41. The molecule has 1 aliphatic rings. The van der Waals surface area contributed by atoms with Crippen LogP contribution >= 0.6 is 0 Å². The molecule has 0 saturated carbocycles. The summed E-state index contributed by atoms with van der Waals surface area (Å²) in [7, 11) is 0. The lowest BCUT2D eigenvalue weighted by atomic mass is 9.92. The molecule has 24 heavy (non-hydrogen) atoms. The molecule has 1 atom stereocenters. The quantitative estimate of drug-likeness (QED) is 0.910. The van der Waals surface area contributed by atoms with Crippen LogP contribution in [0.25, 0.3) is 0 Å². The van der Waals surface area contributed by atoms with Gasteiger partial charge in [0.05, 0.1) is 11.4 Å². The van der Waals surface area contributed by atoms with Crippen molar-refractivity contribution in [2.45, 2.75) is 39.2 Å². The summed E-state index contributed by atoms with van der Waals surface area (Å²) in [5.74, 6) is 1.61. The van der Waals surface area contributed by atoms with E-state index in [9.17, 15) is 0 Å². The van der Waals surface area contributed by atoms with Crippen molar-refractivity contribution in [3.63, 3.8) is 0 Å². The third kappa shape index (κ3) is 3.87. The smallest absolute Gasteiger partial charge is 0.151 e. The molecule has 128 valence electrons. The maximum absolute atomic E-state index is 4.38. The molecule has 2 aromatic rings. The summed E-state index contributed by atoms with van der Waals surface area (Å²) in [6.45, 7) is 11.6. The normalized spacial score (nSPS) is 16.8. The molecule has 0 aromatic carbocycles. The fourth-order valence-corrected chi connectivity index (χ4v) is 2.76. The molecule has 1 saturated heterocycles. The zero-order valence-electron chi connectivity index (χ0n) is 14.9. The average molecular weight is 326 g/mol. The Kier molecular flexibility index (Phi) is 4.76. The number of nitrogens with zero attached hydrogens (tertiary/aromatic N) is 5. The van der Waals surface area contributed by atoms with E-state index in [0.717, 1.165) is 36.8 Å². The van der Waals surface area contributed by atoms with Gasteiger partial charge in [-0.1, -0.05) is 20.8 Å². The van der Waals surface area contributed by atoms with Gasteiger partial charge in [-0.05, 0) is 19.1 Å². The molecular weight excluding hydrogens is 300 g/mol.